The number of rotatable bonds is 6. The van der Waals surface area contributed by atoms with Crippen LogP contribution in [0.2, 0.25) is 0 Å². The van der Waals surface area contributed by atoms with Crippen LogP contribution in [0.3, 0.4) is 0 Å². The van der Waals surface area contributed by atoms with Crippen LogP contribution in [0.15, 0.2) is 0 Å². The lowest BCUT2D eigenvalue weighted by molar-refractivity contribution is 0.103. The highest BCUT2D eigenvalue weighted by Gasteiger charge is 2.39. The molecule has 0 spiro atoms. The molecule has 0 aromatic heterocycles. The predicted octanol–water partition coefficient (Wildman–Crippen LogP) is 6.48. The lowest BCUT2D eigenvalue weighted by Crippen LogP contribution is -2.32. The van der Waals surface area contributed by atoms with Gasteiger partial charge in [-0.3, -0.25) is 0 Å². The van der Waals surface area contributed by atoms with E-state index < -0.39 is 0 Å². The summed E-state index contributed by atoms with van der Waals surface area (Å²) in [6, 6.07) is 2.77. The van der Waals surface area contributed by atoms with Crippen LogP contribution in [-0.2, 0) is 0 Å². The van der Waals surface area contributed by atoms with Gasteiger partial charge in [0.15, 0.2) is 0 Å². The Morgan fingerprint density at radius 3 is 2.38 bits per heavy atom. The summed E-state index contributed by atoms with van der Waals surface area (Å²) in [6.07, 6.45) is 17.3. The van der Waals surface area contributed by atoms with Crippen molar-refractivity contribution in [3.05, 3.63) is 0 Å². The number of nitrogens with zero attached hydrogens (tertiary/aromatic N) is 1. The maximum absolute atomic E-state index is 9.79. The first-order valence-electron chi connectivity index (χ1n) is 9.64. The van der Waals surface area contributed by atoms with Gasteiger partial charge in [-0.25, -0.2) is 0 Å². The van der Waals surface area contributed by atoms with Crippen LogP contribution < -0.4 is 0 Å². The fraction of sp³-hybridized carbons (Fsp3) is 0.950. The highest BCUT2D eigenvalue weighted by Crippen LogP contribution is 2.48. The summed E-state index contributed by atoms with van der Waals surface area (Å²) in [7, 11) is 0. The molecule has 2 fully saturated rings. The van der Waals surface area contributed by atoms with Crippen LogP contribution in [-0.4, -0.2) is 0 Å². The molecule has 0 bridgehead atoms. The van der Waals surface area contributed by atoms with Crippen LogP contribution in [0.5, 0.6) is 0 Å². The van der Waals surface area contributed by atoms with E-state index in [-0.39, 0.29) is 5.41 Å². The first-order chi connectivity index (χ1) is 10.2. The molecular formula is C20H35N. The fourth-order valence-electron chi connectivity index (χ4n) is 4.98. The zero-order chi connectivity index (χ0) is 15.1. The maximum Gasteiger partial charge on any atom is 0.0689 e. The Kier molecular flexibility index (Phi) is 6.59. The minimum absolute atomic E-state index is 0.0414. The molecule has 2 aliphatic rings. The van der Waals surface area contributed by atoms with Crippen molar-refractivity contribution in [2.45, 2.75) is 97.3 Å². The lowest BCUT2D eigenvalue weighted by Gasteiger charge is -2.41. The fourth-order valence-corrected chi connectivity index (χ4v) is 4.98. The molecule has 0 saturated heterocycles. The molecule has 0 aliphatic heterocycles. The Balaban J connectivity index is 1.88. The van der Waals surface area contributed by atoms with E-state index in [1.165, 1.54) is 77.0 Å². The molecule has 0 radical (unpaired) electrons. The van der Waals surface area contributed by atoms with Crippen LogP contribution in [0.1, 0.15) is 97.3 Å². The van der Waals surface area contributed by atoms with Gasteiger partial charge in [0.25, 0.3) is 0 Å². The standard InChI is InChI=1S/C20H35N/c1-3-5-6-13-20(16-21)14-7-8-19(15-20)18-11-9-17(4-2)10-12-18/h17-19H,3-15H2,1-2H3/t17-,18-,19?,20?. The number of unbranched alkanes of at least 4 members (excludes halogenated alkanes) is 2. The minimum atomic E-state index is 0.0414. The van der Waals surface area contributed by atoms with Gasteiger partial charge in [-0.2, -0.15) is 5.26 Å². The van der Waals surface area contributed by atoms with E-state index in [0.29, 0.717) is 0 Å². The molecule has 2 saturated carbocycles. The molecule has 2 unspecified atom stereocenters. The average molecular weight is 290 g/mol. The molecule has 0 amide bonds. The van der Waals surface area contributed by atoms with Crippen LogP contribution in [0, 0.1) is 34.5 Å². The van der Waals surface area contributed by atoms with Gasteiger partial charge in [0.2, 0.25) is 0 Å². The third-order valence-electron chi connectivity index (χ3n) is 6.51. The number of hydrogen-bond acceptors (Lipinski definition) is 1. The van der Waals surface area contributed by atoms with Crippen molar-refractivity contribution >= 4 is 0 Å². The molecule has 120 valence electrons. The average Bonchev–Trinajstić information content (AvgIpc) is 2.55. The number of hydrogen-bond donors (Lipinski definition) is 0. The molecule has 0 heterocycles. The minimum Gasteiger partial charge on any atom is -0.198 e. The highest BCUT2D eigenvalue weighted by atomic mass is 14.5. The third kappa shape index (κ3) is 4.48. The van der Waals surface area contributed by atoms with Crippen molar-refractivity contribution in [3.8, 4) is 6.07 Å². The topological polar surface area (TPSA) is 23.8 Å². The van der Waals surface area contributed by atoms with E-state index in [1.54, 1.807) is 0 Å². The molecule has 21 heavy (non-hydrogen) atoms. The molecule has 0 aromatic rings. The van der Waals surface area contributed by atoms with E-state index in [4.69, 9.17) is 0 Å². The summed E-state index contributed by atoms with van der Waals surface area (Å²) in [5.41, 5.74) is 0.0414. The SMILES string of the molecule is CCCCCC1(C#N)CCCC([C@H]2CC[C@H](CC)CC2)C1. The summed E-state index contributed by atoms with van der Waals surface area (Å²) >= 11 is 0. The van der Waals surface area contributed by atoms with Gasteiger partial charge in [0.1, 0.15) is 0 Å². The molecule has 2 rings (SSSR count). The zero-order valence-corrected chi connectivity index (χ0v) is 14.4. The molecule has 2 atom stereocenters. The lowest BCUT2D eigenvalue weighted by atomic mass is 9.62. The van der Waals surface area contributed by atoms with Crippen LogP contribution in [0.4, 0.5) is 0 Å². The maximum atomic E-state index is 9.79. The van der Waals surface area contributed by atoms with Gasteiger partial charge < -0.3 is 0 Å². The molecule has 1 nitrogen and oxygen atoms in total. The zero-order valence-electron chi connectivity index (χ0n) is 14.4. The Bertz CT molecular complexity index is 334. The van der Waals surface area contributed by atoms with Crippen molar-refractivity contribution < 1.29 is 0 Å². The summed E-state index contributed by atoms with van der Waals surface area (Å²) in [5, 5.41) is 9.79. The second-order valence-corrected chi connectivity index (χ2v) is 7.89. The van der Waals surface area contributed by atoms with E-state index in [1.807, 2.05) is 0 Å². The van der Waals surface area contributed by atoms with Gasteiger partial charge in [0, 0.05) is 0 Å². The van der Waals surface area contributed by atoms with E-state index in [0.717, 1.165) is 24.2 Å². The largest absolute Gasteiger partial charge is 0.198 e. The van der Waals surface area contributed by atoms with Gasteiger partial charge in [-0.15, -0.1) is 0 Å². The van der Waals surface area contributed by atoms with Gasteiger partial charge >= 0.3 is 0 Å². The summed E-state index contributed by atoms with van der Waals surface area (Å²) < 4.78 is 0. The van der Waals surface area contributed by atoms with E-state index >= 15 is 0 Å². The van der Waals surface area contributed by atoms with Gasteiger partial charge in [-0.1, -0.05) is 65.2 Å². The first kappa shape index (κ1) is 16.9. The van der Waals surface area contributed by atoms with Crippen molar-refractivity contribution in [1.29, 1.82) is 5.26 Å². The summed E-state index contributed by atoms with van der Waals surface area (Å²) in [6.45, 7) is 4.61. The molecule has 1 heteroatoms. The van der Waals surface area contributed by atoms with Crippen molar-refractivity contribution in [2.24, 2.45) is 23.2 Å². The van der Waals surface area contributed by atoms with Gasteiger partial charge in [0.05, 0.1) is 11.5 Å². The van der Waals surface area contributed by atoms with Crippen LogP contribution >= 0.6 is 0 Å². The second kappa shape index (κ2) is 8.21. The van der Waals surface area contributed by atoms with Crippen molar-refractivity contribution in [1.82, 2.24) is 0 Å². The number of nitriles is 1. The Hall–Kier alpha value is -0.510. The normalized spacial score (nSPS) is 37.1. The molecular weight excluding hydrogens is 254 g/mol. The highest BCUT2D eigenvalue weighted by molar-refractivity contribution is 5.03. The third-order valence-corrected chi connectivity index (χ3v) is 6.51. The summed E-state index contributed by atoms with van der Waals surface area (Å²) in [5.74, 6) is 2.79. The monoisotopic (exact) mass is 289 g/mol. The smallest absolute Gasteiger partial charge is 0.0689 e. The quantitative estimate of drug-likeness (QED) is 0.513. The van der Waals surface area contributed by atoms with Gasteiger partial charge in [-0.05, 0) is 49.9 Å². The van der Waals surface area contributed by atoms with E-state index in [9.17, 15) is 5.26 Å². The van der Waals surface area contributed by atoms with Crippen molar-refractivity contribution in [3.63, 3.8) is 0 Å². The molecule has 0 aromatic carbocycles. The Labute approximate surface area is 132 Å². The van der Waals surface area contributed by atoms with E-state index in [2.05, 4.69) is 19.9 Å². The first-order valence-corrected chi connectivity index (χ1v) is 9.64. The Morgan fingerprint density at radius 2 is 1.76 bits per heavy atom. The Morgan fingerprint density at radius 1 is 1.00 bits per heavy atom. The second-order valence-electron chi connectivity index (χ2n) is 7.89. The predicted molar refractivity (Wildman–Crippen MR) is 89.9 cm³/mol. The van der Waals surface area contributed by atoms with Crippen molar-refractivity contribution in [2.75, 3.05) is 0 Å². The van der Waals surface area contributed by atoms with Crippen LogP contribution in [0.25, 0.3) is 0 Å². The summed E-state index contributed by atoms with van der Waals surface area (Å²) in [4.78, 5) is 0. The molecule has 0 N–H and O–H groups in total. The molecule has 2 aliphatic carbocycles.